The highest BCUT2D eigenvalue weighted by molar-refractivity contribution is 7.80. The molecule has 0 aliphatic heterocycles. The molecule has 0 nitrogen and oxygen atoms in total. The third-order valence-electron chi connectivity index (χ3n) is 5.03. The smallest absolute Gasteiger partial charge is 0.00254 e. The Hall–Kier alpha value is -0.430. The molecule has 0 saturated carbocycles. The Labute approximate surface area is 138 Å². The van der Waals surface area contributed by atoms with Crippen LogP contribution in [0.25, 0.3) is 0 Å². The van der Waals surface area contributed by atoms with E-state index in [4.69, 9.17) is 0 Å². The predicted octanol–water partition coefficient (Wildman–Crippen LogP) is 6.90. The minimum Gasteiger partial charge on any atom is -0.179 e. The van der Waals surface area contributed by atoms with E-state index in [0.717, 1.165) is 5.75 Å². The Kier molecular flexibility index (Phi) is 9.15. The monoisotopic (exact) mass is 306 g/mol. The van der Waals surface area contributed by atoms with Gasteiger partial charge in [-0.1, -0.05) is 56.8 Å². The maximum Gasteiger partial charge on any atom is 0.00254 e. The van der Waals surface area contributed by atoms with Crippen LogP contribution in [0.4, 0.5) is 0 Å². The first-order valence-electron chi connectivity index (χ1n) is 8.75. The standard InChI is InChI=1S/C20H34S/c1-16-17(2)19(4)20(18(16)3)14-12-10-8-6-5-7-9-11-13-15-21/h12,14,18,21H,5-11,13,15H2,1-4H3/b14-12+. The fourth-order valence-electron chi connectivity index (χ4n) is 3.13. The van der Waals surface area contributed by atoms with Crippen LogP contribution in [-0.2, 0) is 0 Å². The van der Waals surface area contributed by atoms with Crippen molar-refractivity contribution in [2.75, 3.05) is 5.75 Å². The van der Waals surface area contributed by atoms with Crippen LogP contribution in [0.1, 0.15) is 79.1 Å². The first kappa shape index (κ1) is 18.6. The highest BCUT2D eigenvalue weighted by atomic mass is 32.1. The third kappa shape index (κ3) is 6.06. The first-order chi connectivity index (χ1) is 10.1. The van der Waals surface area contributed by atoms with Gasteiger partial charge in [0.15, 0.2) is 0 Å². The SMILES string of the molecule is CC1=C(C)C(C)C(/C=C/CCCCCCCCCS)=C1C. The van der Waals surface area contributed by atoms with Crippen LogP contribution in [0.15, 0.2) is 34.4 Å². The lowest BCUT2D eigenvalue weighted by Gasteiger charge is -2.08. The summed E-state index contributed by atoms with van der Waals surface area (Å²) >= 11 is 4.25. The molecule has 0 fully saturated rings. The van der Waals surface area contributed by atoms with E-state index in [1.165, 1.54) is 68.1 Å². The van der Waals surface area contributed by atoms with E-state index in [1.54, 1.807) is 5.57 Å². The van der Waals surface area contributed by atoms with Gasteiger partial charge >= 0.3 is 0 Å². The van der Waals surface area contributed by atoms with Crippen molar-refractivity contribution in [1.29, 1.82) is 0 Å². The van der Waals surface area contributed by atoms with Crippen molar-refractivity contribution in [3.63, 3.8) is 0 Å². The fourth-order valence-corrected chi connectivity index (χ4v) is 3.36. The second-order valence-electron chi connectivity index (χ2n) is 6.50. The lowest BCUT2D eigenvalue weighted by Crippen LogP contribution is -1.94. The van der Waals surface area contributed by atoms with Gasteiger partial charge in [0.05, 0.1) is 0 Å². The number of thiol groups is 1. The topological polar surface area (TPSA) is 0 Å². The molecular formula is C20H34S. The van der Waals surface area contributed by atoms with Crippen LogP contribution in [0.3, 0.4) is 0 Å². The molecule has 0 aromatic heterocycles. The first-order valence-corrected chi connectivity index (χ1v) is 9.38. The van der Waals surface area contributed by atoms with E-state index in [1.807, 2.05) is 0 Å². The van der Waals surface area contributed by atoms with Crippen molar-refractivity contribution >= 4 is 12.6 Å². The Morgan fingerprint density at radius 1 is 0.857 bits per heavy atom. The summed E-state index contributed by atoms with van der Waals surface area (Å²) in [7, 11) is 0. The maximum absolute atomic E-state index is 4.25. The quantitative estimate of drug-likeness (QED) is 0.329. The summed E-state index contributed by atoms with van der Waals surface area (Å²) in [5, 5.41) is 0. The van der Waals surface area contributed by atoms with Gasteiger partial charge in [-0.25, -0.2) is 0 Å². The molecule has 1 aliphatic carbocycles. The van der Waals surface area contributed by atoms with Gasteiger partial charge in [0.2, 0.25) is 0 Å². The van der Waals surface area contributed by atoms with Gasteiger partial charge in [-0.05, 0) is 62.5 Å². The van der Waals surface area contributed by atoms with Gasteiger partial charge in [0.1, 0.15) is 0 Å². The summed E-state index contributed by atoms with van der Waals surface area (Å²) in [6.07, 6.45) is 15.6. The predicted molar refractivity (Wildman–Crippen MR) is 100 cm³/mol. The summed E-state index contributed by atoms with van der Waals surface area (Å²) in [5.74, 6) is 1.67. The second kappa shape index (κ2) is 10.3. The molecule has 1 unspecified atom stereocenters. The molecule has 1 atom stereocenters. The van der Waals surface area contributed by atoms with E-state index in [2.05, 4.69) is 52.5 Å². The molecule has 1 aliphatic rings. The Bertz CT molecular complexity index is 398. The molecule has 120 valence electrons. The lowest BCUT2D eigenvalue weighted by atomic mass is 9.97. The van der Waals surface area contributed by atoms with Gasteiger partial charge in [-0.3, -0.25) is 0 Å². The van der Waals surface area contributed by atoms with Crippen molar-refractivity contribution in [1.82, 2.24) is 0 Å². The molecule has 0 saturated heterocycles. The zero-order valence-corrected chi connectivity index (χ0v) is 15.4. The van der Waals surface area contributed by atoms with E-state index in [9.17, 15) is 0 Å². The Balaban J connectivity index is 2.14. The summed E-state index contributed by atoms with van der Waals surface area (Å²) in [6, 6.07) is 0. The zero-order valence-electron chi connectivity index (χ0n) is 14.5. The summed E-state index contributed by atoms with van der Waals surface area (Å²) < 4.78 is 0. The number of hydrogen-bond acceptors (Lipinski definition) is 1. The molecule has 1 rings (SSSR count). The van der Waals surface area contributed by atoms with Crippen molar-refractivity contribution in [3.8, 4) is 0 Å². The summed E-state index contributed by atoms with van der Waals surface area (Å²) in [5.41, 5.74) is 6.09. The molecule has 0 N–H and O–H groups in total. The molecular weight excluding hydrogens is 272 g/mol. The van der Waals surface area contributed by atoms with Crippen LogP contribution in [-0.4, -0.2) is 5.75 Å². The van der Waals surface area contributed by atoms with Crippen LogP contribution in [0, 0.1) is 5.92 Å². The maximum atomic E-state index is 4.25. The van der Waals surface area contributed by atoms with E-state index in [0.29, 0.717) is 5.92 Å². The number of hydrogen-bond donors (Lipinski definition) is 1. The van der Waals surface area contributed by atoms with E-state index < -0.39 is 0 Å². The van der Waals surface area contributed by atoms with Crippen molar-refractivity contribution in [2.45, 2.75) is 79.1 Å². The summed E-state index contributed by atoms with van der Waals surface area (Å²) in [4.78, 5) is 0. The average molecular weight is 307 g/mol. The Morgan fingerprint density at radius 2 is 1.43 bits per heavy atom. The van der Waals surface area contributed by atoms with Gasteiger partial charge in [-0.15, -0.1) is 0 Å². The second-order valence-corrected chi connectivity index (χ2v) is 6.95. The molecule has 0 bridgehead atoms. The van der Waals surface area contributed by atoms with Crippen molar-refractivity contribution in [2.24, 2.45) is 5.92 Å². The molecule has 21 heavy (non-hydrogen) atoms. The van der Waals surface area contributed by atoms with Gasteiger partial charge < -0.3 is 0 Å². The number of allylic oxidation sites excluding steroid dienone is 6. The molecule has 0 heterocycles. The summed E-state index contributed by atoms with van der Waals surface area (Å²) in [6.45, 7) is 9.14. The van der Waals surface area contributed by atoms with Gasteiger partial charge in [0, 0.05) is 5.92 Å². The molecule has 0 aromatic rings. The zero-order chi connectivity index (χ0) is 15.7. The normalized spacial score (nSPS) is 19.4. The number of rotatable bonds is 10. The van der Waals surface area contributed by atoms with Gasteiger partial charge in [0.25, 0.3) is 0 Å². The minimum absolute atomic E-state index is 0.619. The highest BCUT2D eigenvalue weighted by Crippen LogP contribution is 2.37. The molecule has 1 heteroatoms. The lowest BCUT2D eigenvalue weighted by molar-refractivity contribution is 0.593. The largest absolute Gasteiger partial charge is 0.179 e. The van der Waals surface area contributed by atoms with Crippen LogP contribution < -0.4 is 0 Å². The molecule has 0 amide bonds. The van der Waals surface area contributed by atoms with Crippen molar-refractivity contribution < 1.29 is 0 Å². The average Bonchev–Trinajstić information content (AvgIpc) is 2.66. The third-order valence-corrected chi connectivity index (χ3v) is 5.35. The van der Waals surface area contributed by atoms with Crippen LogP contribution in [0.5, 0.6) is 0 Å². The molecule has 0 spiro atoms. The van der Waals surface area contributed by atoms with Crippen LogP contribution >= 0.6 is 12.6 Å². The number of unbranched alkanes of at least 4 members (excludes halogenated alkanes) is 7. The van der Waals surface area contributed by atoms with Gasteiger partial charge in [-0.2, -0.15) is 12.6 Å². The highest BCUT2D eigenvalue weighted by Gasteiger charge is 2.20. The molecule has 0 aromatic carbocycles. The van der Waals surface area contributed by atoms with Crippen molar-refractivity contribution in [3.05, 3.63) is 34.4 Å². The Morgan fingerprint density at radius 3 is 1.95 bits per heavy atom. The van der Waals surface area contributed by atoms with Crippen LogP contribution in [0.2, 0.25) is 0 Å². The minimum atomic E-state index is 0.619. The molecule has 0 radical (unpaired) electrons. The fraction of sp³-hybridized carbons (Fsp3) is 0.700. The van der Waals surface area contributed by atoms with E-state index in [-0.39, 0.29) is 0 Å². The van der Waals surface area contributed by atoms with E-state index >= 15 is 0 Å².